The summed E-state index contributed by atoms with van der Waals surface area (Å²) in [4.78, 5) is 25.0. The summed E-state index contributed by atoms with van der Waals surface area (Å²) in [6, 6.07) is 0. The highest BCUT2D eigenvalue weighted by Gasteiger charge is 2.68. The number of allylic oxidation sites excluding steroid dienone is 1. The standard InChI is InChI=1S/C25H36O4/c1-6-15(2)21(26)29-20-16(3)17-8-9-19-23(4)11-7-12-24(5,22(27)28)18(23)10-13-25(19,20)14-17/h6,17-20H,3,7-14H2,1-2,4-5H3,(H,27,28)/b15-6-/t17-,18-,19-,20-,23-,24-,25-/m1/s1. The van der Waals surface area contributed by atoms with Crippen LogP contribution in [0, 0.1) is 34.0 Å². The van der Waals surface area contributed by atoms with E-state index in [0.29, 0.717) is 17.4 Å². The average molecular weight is 401 g/mol. The van der Waals surface area contributed by atoms with Gasteiger partial charge in [0, 0.05) is 11.0 Å². The minimum Gasteiger partial charge on any atom is -0.481 e. The van der Waals surface area contributed by atoms with E-state index in [2.05, 4.69) is 13.5 Å². The SMILES string of the molecule is C=C1[C@@H]2CC[C@@H]3[C@]4(C)CCC[C@@](C)(C(=O)O)[C@@H]4CC[C@]3(C2)[C@@H]1OC(=O)/C(C)=C\C. The molecule has 29 heavy (non-hydrogen) atoms. The largest absolute Gasteiger partial charge is 0.481 e. The van der Waals surface area contributed by atoms with E-state index in [4.69, 9.17) is 4.74 Å². The molecular formula is C25H36O4. The van der Waals surface area contributed by atoms with Gasteiger partial charge in [-0.2, -0.15) is 0 Å². The van der Waals surface area contributed by atoms with Gasteiger partial charge in [0.1, 0.15) is 6.10 Å². The number of ether oxygens (including phenoxy) is 1. The zero-order valence-electron chi connectivity index (χ0n) is 18.4. The molecule has 4 heteroatoms. The normalized spacial score (nSPS) is 46.6. The molecule has 0 aromatic carbocycles. The van der Waals surface area contributed by atoms with Gasteiger partial charge in [-0.3, -0.25) is 4.79 Å². The third kappa shape index (κ3) is 2.70. The van der Waals surface area contributed by atoms with Crippen LogP contribution in [0.1, 0.15) is 79.1 Å². The predicted molar refractivity (Wildman–Crippen MR) is 112 cm³/mol. The number of carboxylic acids is 1. The molecule has 160 valence electrons. The molecule has 7 atom stereocenters. The number of fused-ring (bicyclic) bond motifs is 3. The van der Waals surface area contributed by atoms with E-state index in [0.717, 1.165) is 56.9 Å². The second kappa shape index (κ2) is 6.72. The summed E-state index contributed by atoms with van der Waals surface area (Å²) in [7, 11) is 0. The molecule has 4 fully saturated rings. The molecular weight excluding hydrogens is 364 g/mol. The molecule has 0 radical (unpaired) electrons. The Balaban J connectivity index is 1.73. The third-order valence-electron chi connectivity index (χ3n) is 9.65. The van der Waals surface area contributed by atoms with Gasteiger partial charge in [0.25, 0.3) is 0 Å². The Morgan fingerprint density at radius 1 is 1.14 bits per heavy atom. The van der Waals surface area contributed by atoms with Crippen LogP contribution in [-0.2, 0) is 14.3 Å². The van der Waals surface area contributed by atoms with Gasteiger partial charge in [0.15, 0.2) is 0 Å². The Hall–Kier alpha value is -1.58. The van der Waals surface area contributed by atoms with Crippen LogP contribution >= 0.6 is 0 Å². The maximum Gasteiger partial charge on any atom is 0.333 e. The summed E-state index contributed by atoms with van der Waals surface area (Å²) < 4.78 is 6.15. The minimum absolute atomic E-state index is 0.0144. The molecule has 4 aliphatic rings. The van der Waals surface area contributed by atoms with E-state index >= 15 is 0 Å². The van der Waals surface area contributed by atoms with Crippen molar-refractivity contribution in [3.8, 4) is 0 Å². The van der Waals surface area contributed by atoms with Gasteiger partial charge in [0.2, 0.25) is 0 Å². The van der Waals surface area contributed by atoms with Gasteiger partial charge < -0.3 is 9.84 Å². The molecule has 0 heterocycles. The number of aliphatic carboxylic acids is 1. The molecule has 1 spiro atoms. The summed E-state index contributed by atoms with van der Waals surface area (Å²) in [6.45, 7) is 12.4. The van der Waals surface area contributed by atoms with Crippen LogP contribution in [0.15, 0.2) is 23.8 Å². The molecule has 0 aromatic rings. The lowest BCUT2D eigenvalue weighted by Gasteiger charge is -2.63. The Morgan fingerprint density at radius 2 is 1.86 bits per heavy atom. The lowest BCUT2D eigenvalue weighted by molar-refractivity contribution is -0.195. The lowest BCUT2D eigenvalue weighted by Crippen LogP contribution is -2.60. The number of carbonyl (C=O) groups excluding carboxylic acids is 1. The van der Waals surface area contributed by atoms with Crippen molar-refractivity contribution in [1.82, 2.24) is 0 Å². The Kier molecular flexibility index (Phi) is 4.79. The number of hydrogen-bond donors (Lipinski definition) is 1. The quantitative estimate of drug-likeness (QED) is 0.384. The lowest BCUT2D eigenvalue weighted by atomic mass is 9.40. The van der Waals surface area contributed by atoms with Crippen molar-refractivity contribution in [2.24, 2.45) is 34.0 Å². The summed E-state index contributed by atoms with van der Waals surface area (Å²) in [5.74, 6) is 0.151. The van der Waals surface area contributed by atoms with E-state index in [1.165, 1.54) is 0 Å². The fraction of sp³-hybridized carbons (Fsp3) is 0.760. The van der Waals surface area contributed by atoms with Crippen LogP contribution in [0.3, 0.4) is 0 Å². The molecule has 4 saturated carbocycles. The molecule has 0 aromatic heterocycles. The smallest absolute Gasteiger partial charge is 0.333 e. The fourth-order valence-electron chi connectivity index (χ4n) is 8.10. The van der Waals surface area contributed by atoms with E-state index in [-0.39, 0.29) is 28.8 Å². The van der Waals surface area contributed by atoms with Crippen LogP contribution in [0.25, 0.3) is 0 Å². The van der Waals surface area contributed by atoms with Crippen LogP contribution in [0.4, 0.5) is 0 Å². The second-order valence-electron chi connectivity index (χ2n) is 10.8. The molecule has 1 N–H and O–H groups in total. The molecule has 4 rings (SSSR count). The number of carboxylic acid groups (broad SMARTS) is 1. The van der Waals surface area contributed by atoms with Crippen LogP contribution in [-0.4, -0.2) is 23.1 Å². The first-order valence-electron chi connectivity index (χ1n) is 11.4. The highest BCUT2D eigenvalue weighted by atomic mass is 16.5. The summed E-state index contributed by atoms with van der Waals surface area (Å²) in [5, 5.41) is 10.1. The van der Waals surface area contributed by atoms with E-state index in [9.17, 15) is 14.7 Å². The average Bonchev–Trinajstić information content (AvgIpc) is 2.87. The van der Waals surface area contributed by atoms with Crippen molar-refractivity contribution >= 4 is 11.9 Å². The maximum atomic E-state index is 12.7. The predicted octanol–water partition coefficient (Wildman–Crippen LogP) is 5.53. The van der Waals surface area contributed by atoms with Crippen molar-refractivity contribution in [1.29, 1.82) is 0 Å². The zero-order valence-corrected chi connectivity index (χ0v) is 18.4. The maximum absolute atomic E-state index is 12.7. The van der Waals surface area contributed by atoms with E-state index < -0.39 is 11.4 Å². The van der Waals surface area contributed by atoms with Gasteiger partial charge in [0.05, 0.1) is 5.41 Å². The summed E-state index contributed by atoms with van der Waals surface area (Å²) >= 11 is 0. The van der Waals surface area contributed by atoms with Crippen LogP contribution < -0.4 is 0 Å². The van der Waals surface area contributed by atoms with Crippen molar-refractivity contribution in [2.75, 3.05) is 0 Å². The van der Waals surface area contributed by atoms with Crippen molar-refractivity contribution in [2.45, 2.75) is 85.2 Å². The van der Waals surface area contributed by atoms with Crippen LogP contribution in [0.5, 0.6) is 0 Å². The fourth-order valence-corrected chi connectivity index (χ4v) is 8.10. The van der Waals surface area contributed by atoms with Gasteiger partial charge in [-0.05, 0) is 94.5 Å². The first-order valence-corrected chi connectivity index (χ1v) is 11.4. The molecule has 0 aliphatic heterocycles. The Morgan fingerprint density at radius 3 is 2.52 bits per heavy atom. The second-order valence-corrected chi connectivity index (χ2v) is 10.8. The van der Waals surface area contributed by atoms with Gasteiger partial charge in [-0.15, -0.1) is 0 Å². The first-order chi connectivity index (χ1) is 13.6. The molecule has 2 bridgehead atoms. The number of rotatable bonds is 3. The van der Waals surface area contributed by atoms with Crippen molar-refractivity contribution < 1.29 is 19.4 Å². The number of carbonyl (C=O) groups is 2. The highest BCUT2D eigenvalue weighted by molar-refractivity contribution is 5.88. The topological polar surface area (TPSA) is 63.6 Å². The Labute approximate surface area is 174 Å². The highest BCUT2D eigenvalue weighted by Crippen LogP contribution is 2.72. The summed E-state index contributed by atoms with van der Waals surface area (Å²) in [6.07, 6.45) is 9.50. The zero-order chi connectivity index (χ0) is 21.2. The van der Waals surface area contributed by atoms with Gasteiger partial charge in [-0.25, -0.2) is 4.79 Å². The minimum atomic E-state index is -0.644. The molecule has 4 aliphatic carbocycles. The first kappa shape index (κ1) is 20.7. The molecule has 0 saturated heterocycles. The van der Waals surface area contributed by atoms with Gasteiger partial charge >= 0.3 is 11.9 Å². The van der Waals surface area contributed by atoms with E-state index in [1.54, 1.807) is 13.0 Å². The van der Waals surface area contributed by atoms with Gasteiger partial charge in [-0.1, -0.05) is 26.0 Å². The monoisotopic (exact) mass is 400 g/mol. The third-order valence-corrected chi connectivity index (χ3v) is 9.65. The molecule has 4 nitrogen and oxygen atoms in total. The summed E-state index contributed by atoms with van der Waals surface area (Å²) in [5.41, 5.74) is 1.02. The Bertz CT molecular complexity index is 782. The van der Waals surface area contributed by atoms with Crippen LogP contribution in [0.2, 0.25) is 0 Å². The van der Waals surface area contributed by atoms with Crippen molar-refractivity contribution in [3.05, 3.63) is 23.8 Å². The molecule has 0 unspecified atom stereocenters. The molecule has 0 amide bonds. The van der Waals surface area contributed by atoms with Crippen molar-refractivity contribution in [3.63, 3.8) is 0 Å². The number of esters is 1. The van der Waals surface area contributed by atoms with E-state index in [1.807, 2.05) is 13.8 Å². The number of hydrogen-bond acceptors (Lipinski definition) is 3.